The van der Waals surface area contributed by atoms with Crippen LogP contribution in [0.15, 0.2) is 71.3 Å². The molecule has 3 N–H and O–H groups in total. The van der Waals surface area contributed by atoms with Gasteiger partial charge in [-0.3, -0.25) is 0 Å². The van der Waals surface area contributed by atoms with Crippen molar-refractivity contribution >= 4 is 31.8 Å². The topological polar surface area (TPSA) is 80.4 Å². The molecular weight excluding hydrogens is 640 g/mol. The van der Waals surface area contributed by atoms with E-state index in [0.717, 1.165) is 32.2 Å². The molecule has 2 saturated carbocycles. The van der Waals surface area contributed by atoms with E-state index in [2.05, 4.69) is 0 Å². The molecule has 0 spiro atoms. The molecule has 2 aromatic rings. The third kappa shape index (κ3) is 4.81. The van der Waals surface area contributed by atoms with Gasteiger partial charge in [-0.15, -0.1) is 0 Å². The summed E-state index contributed by atoms with van der Waals surface area (Å²) in [5, 5.41) is 12.1. The fourth-order valence-corrected chi connectivity index (χ4v) is 10.9. The van der Waals surface area contributed by atoms with E-state index in [1.54, 1.807) is 18.2 Å². The molecule has 0 unspecified atom stereocenters. The van der Waals surface area contributed by atoms with Crippen LogP contribution >= 0.6 is 0 Å². The Labute approximate surface area is 259 Å². The van der Waals surface area contributed by atoms with Gasteiger partial charge in [-0.05, 0) is 0 Å². The number of hydrogen-bond donors (Lipinski definition) is 2. The van der Waals surface area contributed by atoms with E-state index >= 15 is 8.78 Å². The molecule has 4 aliphatic carbocycles. The number of ketones is 1. The van der Waals surface area contributed by atoms with Crippen molar-refractivity contribution in [2.75, 3.05) is 0 Å². The van der Waals surface area contributed by atoms with Gasteiger partial charge in [0.25, 0.3) is 0 Å². The first-order chi connectivity index (χ1) is 20.7. The van der Waals surface area contributed by atoms with Crippen molar-refractivity contribution in [2.45, 2.75) is 80.7 Å². The minimum absolute atomic E-state index is 0.0464. The Kier molecular flexibility index (Phi) is 7.76. The molecule has 2 aromatic carbocycles. The molecule has 5 atom stereocenters. The van der Waals surface area contributed by atoms with Gasteiger partial charge in [0.15, 0.2) is 0 Å². The van der Waals surface area contributed by atoms with Crippen LogP contribution in [0.4, 0.5) is 22.0 Å². The molecule has 2 fully saturated rings. The van der Waals surface area contributed by atoms with E-state index in [0.29, 0.717) is 36.5 Å². The summed E-state index contributed by atoms with van der Waals surface area (Å²) in [4.78, 5) is 24.1. The molecule has 1 radical (unpaired) electrons. The average molecular weight is 675 g/mol. The summed E-state index contributed by atoms with van der Waals surface area (Å²) in [6.07, 6.45) is -2.81. The SMILES string of the molecule is C[C@]12C[C@H](c3ccc(C[As]c4ccccc4C(N)=O)cc3)C3=C4CCC(=O)C=C4CC[C@H]3[C@@H]1CC[C@@]2(O)C(F)(F)C(F)(F)F. The van der Waals surface area contributed by atoms with Gasteiger partial charge in [-0.25, -0.2) is 0 Å². The molecule has 0 saturated heterocycles. The molecule has 44 heavy (non-hydrogen) atoms. The maximum absolute atomic E-state index is 15.2. The minimum atomic E-state index is -5.88. The predicted octanol–water partition coefficient (Wildman–Crippen LogP) is 6.14. The first kappa shape index (κ1) is 31.2. The Bertz CT molecular complexity index is 1570. The maximum atomic E-state index is 15.2. The van der Waals surface area contributed by atoms with Crippen LogP contribution in [0.2, 0.25) is 0 Å². The molecule has 0 heterocycles. The summed E-state index contributed by atoms with van der Waals surface area (Å²) in [6.45, 7) is 1.43. The second kappa shape index (κ2) is 10.9. The van der Waals surface area contributed by atoms with Crippen LogP contribution in [-0.2, 0) is 10.0 Å². The molecule has 1 amide bonds. The van der Waals surface area contributed by atoms with Crippen LogP contribution < -0.4 is 10.1 Å². The summed E-state index contributed by atoms with van der Waals surface area (Å²) >= 11 is -0.417. The zero-order valence-corrected chi connectivity index (χ0v) is 26.1. The molecule has 10 heteroatoms. The number of alkyl halides is 5. The van der Waals surface area contributed by atoms with Gasteiger partial charge < -0.3 is 0 Å². The fourth-order valence-electron chi connectivity index (χ4n) is 8.57. The van der Waals surface area contributed by atoms with Gasteiger partial charge in [0.05, 0.1) is 0 Å². The number of rotatable bonds is 6. The Morgan fingerprint density at radius 1 is 1.02 bits per heavy atom. The van der Waals surface area contributed by atoms with Crippen LogP contribution in [-0.4, -0.2) is 50.2 Å². The molecule has 4 nitrogen and oxygen atoms in total. The third-order valence-corrected chi connectivity index (χ3v) is 13.4. The first-order valence-electron chi connectivity index (χ1n) is 15.0. The van der Waals surface area contributed by atoms with Crippen molar-refractivity contribution in [3.05, 3.63) is 88.0 Å². The summed E-state index contributed by atoms with van der Waals surface area (Å²) in [6, 6.07) is 14.9. The second-order valence-electron chi connectivity index (χ2n) is 12.9. The molecule has 233 valence electrons. The number of allylic oxidation sites excluding steroid dienone is 4. The number of benzene rings is 2. The number of hydrogen-bond acceptors (Lipinski definition) is 3. The molecule has 4 aliphatic rings. The van der Waals surface area contributed by atoms with Crippen molar-refractivity contribution in [1.29, 1.82) is 0 Å². The summed E-state index contributed by atoms with van der Waals surface area (Å²) in [5.74, 6) is -6.96. The molecule has 6 rings (SSSR count). The van der Waals surface area contributed by atoms with E-state index in [9.17, 15) is 27.9 Å². The number of nitrogens with two attached hydrogens (primary N) is 1. The number of amides is 1. The Morgan fingerprint density at radius 2 is 1.73 bits per heavy atom. The van der Waals surface area contributed by atoms with Gasteiger partial charge in [0.2, 0.25) is 0 Å². The molecule has 0 aliphatic heterocycles. The summed E-state index contributed by atoms with van der Waals surface area (Å²) < 4.78 is 72.7. The van der Waals surface area contributed by atoms with Crippen LogP contribution in [0, 0.1) is 17.3 Å². The molecular formula is C34H34AsF5NO3. The van der Waals surface area contributed by atoms with E-state index in [4.69, 9.17) is 5.73 Å². The van der Waals surface area contributed by atoms with E-state index < -0.39 is 63.0 Å². The van der Waals surface area contributed by atoms with Crippen LogP contribution in [0.3, 0.4) is 0 Å². The van der Waals surface area contributed by atoms with Gasteiger partial charge >= 0.3 is 260 Å². The Morgan fingerprint density at radius 3 is 2.41 bits per heavy atom. The van der Waals surface area contributed by atoms with Gasteiger partial charge in [-0.1, -0.05) is 0 Å². The Balaban J connectivity index is 1.38. The molecule has 0 aromatic heterocycles. The van der Waals surface area contributed by atoms with Gasteiger partial charge in [-0.2, -0.15) is 0 Å². The number of primary amides is 1. The standard InChI is InChI=1S/C34H34AsF5NO3/c1-31-17-26(20-8-6-19(7-9-20)18-35-28-5-3-2-4-25(28)30(41)43)29-23-13-11-22(42)16-21(23)10-12-24(29)27(31)14-15-32(31,44)33(36,37)34(38,39)40/h2-9,16,24,26-27,44H,10-15,17-18H2,1H3,(H2,41,43)/t24-,26+,27-,31-,32-/m0/s1. The van der Waals surface area contributed by atoms with Crippen molar-refractivity contribution in [1.82, 2.24) is 0 Å². The quantitative estimate of drug-likeness (QED) is 0.286. The normalized spacial score (nSPS) is 30.7. The van der Waals surface area contributed by atoms with Crippen molar-refractivity contribution in [3.8, 4) is 0 Å². The first-order valence-corrected chi connectivity index (χ1v) is 17.2. The number of carbonyl (C=O) groups is 2. The fraction of sp³-hybridized carbons (Fsp3) is 0.471. The zero-order valence-electron chi connectivity index (χ0n) is 24.3. The zero-order chi connectivity index (χ0) is 31.7. The van der Waals surface area contributed by atoms with E-state index in [1.165, 1.54) is 6.92 Å². The van der Waals surface area contributed by atoms with Crippen LogP contribution in [0.1, 0.15) is 79.3 Å². The van der Waals surface area contributed by atoms with Crippen LogP contribution in [0.5, 0.6) is 0 Å². The predicted molar refractivity (Wildman–Crippen MR) is 157 cm³/mol. The van der Waals surface area contributed by atoms with Crippen molar-refractivity contribution in [2.24, 2.45) is 23.0 Å². The monoisotopic (exact) mass is 674 g/mol. The van der Waals surface area contributed by atoms with E-state index in [-0.39, 0.29) is 24.5 Å². The number of fused-ring (bicyclic) bond motifs is 4. The number of halogens is 5. The summed E-state index contributed by atoms with van der Waals surface area (Å²) in [7, 11) is 0. The second-order valence-corrected chi connectivity index (χ2v) is 15.2. The Hall–Kier alpha value is -2.77. The van der Waals surface area contributed by atoms with E-state index in [1.807, 2.05) is 36.4 Å². The van der Waals surface area contributed by atoms with Gasteiger partial charge in [0, 0.05) is 0 Å². The average Bonchev–Trinajstić information content (AvgIpc) is 3.26. The summed E-state index contributed by atoms with van der Waals surface area (Å²) in [5.41, 5.74) is 5.98. The van der Waals surface area contributed by atoms with Crippen molar-refractivity contribution in [3.63, 3.8) is 0 Å². The number of carbonyl (C=O) groups excluding carboxylic acids is 2. The van der Waals surface area contributed by atoms with Crippen molar-refractivity contribution < 1.29 is 36.6 Å². The number of aliphatic hydroxyl groups is 1. The molecule has 0 bridgehead atoms. The van der Waals surface area contributed by atoms with Gasteiger partial charge in [0.1, 0.15) is 0 Å². The third-order valence-electron chi connectivity index (χ3n) is 10.7. The van der Waals surface area contributed by atoms with Crippen LogP contribution in [0.25, 0.3) is 0 Å².